The van der Waals surface area contributed by atoms with Crippen LogP contribution in [0.1, 0.15) is 48.5 Å². The lowest BCUT2D eigenvalue weighted by atomic mass is 10.0. The third kappa shape index (κ3) is 2.47. The molecule has 22 heavy (non-hydrogen) atoms. The molecule has 4 nitrogen and oxygen atoms in total. The minimum Gasteiger partial charge on any atom is -0.310 e. The summed E-state index contributed by atoms with van der Waals surface area (Å²) in [5.41, 5.74) is 1.53. The molecule has 4 heterocycles. The molecule has 0 fully saturated rings. The van der Waals surface area contributed by atoms with E-state index in [0.29, 0.717) is 6.04 Å². The van der Waals surface area contributed by atoms with Gasteiger partial charge in [0.2, 0.25) is 4.77 Å². The summed E-state index contributed by atoms with van der Waals surface area (Å²) in [6, 6.07) is 2.84. The van der Waals surface area contributed by atoms with Crippen LogP contribution in [0.2, 0.25) is 0 Å². The zero-order valence-electron chi connectivity index (χ0n) is 13.0. The molecular formula is C16H23N4S2+. The molecule has 4 rings (SSSR count). The second-order valence-electron chi connectivity index (χ2n) is 6.50. The van der Waals surface area contributed by atoms with Crippen molar-refractivity contribution in [1.29, 1.82) is 0 Å². The van der Waals surface area contributed by atoms with Crippen molar-refractivity contribution in [2.75, 3.05) is 6.54 Å². The summed E-state index contributed by atoms with van der Waals surface area (Å²) in [7, 11) is 0. The Balaban J connectivity index is 1.59. The maximum absolute atomic E-state index is 5.69. The SMILES string of the molecule is C[C@@H]1c2ccsc2CC[NH+]1Cn1nc2n(c1=S)CCCCC2. The van der Waals surface area contributed by atoms with Gasteiger partial charge in [0.1, 0.15) is 11.9 Å². The maximum Gasteiger partial charge on any atom is 0.202 e. The number of aromatic nitrogens is 3. The van der Waals surface area contributed by atoms with Crippen molar-refractivity contribution >= 4 is 23.6 Å². The predicted octanol–water partition coefficient (Wildman–Crippen LogP) is 2.36. The molecule has 0 aliphatic carbocycles. The van der Waals surface area contributed by atoms with E-state index in [1.807, 2.05) is 11.3 Å². The molecule has 0 spiro atoms. The standard InChI is InChI=1S/C16H22N4S2/c1-12-13-7-10-22-14(13)6-9-18(12)11-20-16(21)19-8-4-2-3-5-15(19)17-20/h7,10,12H,2-6,8-9,11H2,1H3/p+1/t12-/m1/s1. The minimum absolute atomic E-state index is 0.540. The summed E-state index contributed by atoms with van der Waals surface area (Å²) in [5, 5.41) is 7.07. The van der Waals surface area contributed by atoms with Crippen molar-refractivity contribution < 1.29 is 4.90 Å². The van der Waals surface area contributed by atoms with E-state index >= 15 is 0 Å². The van der Waals surface area contributed by atoms with Crippen LogP contribution in [0, 0.1) is 4.77 Å². The van der Waals surface area contributed by atoms with Gasteiger partial charge in [-0.15, -0.1) is 11.3 Å². The van der Waals surface area contributed by atoms with Crippen LogP contribution in [0.15, 0.2) is 11.4 Å². The van der Waals surface area contributed by atoms with Crippen LogP contribution < -0.4 is 4.90 Å². The van der Waals surface area contributed by atoms with Crippen LogP contribution in [-0.4, -0.2) is 20.9 Å². The van der Waals surface area contributed by atoms with Gasteiger partial charge in [0.25, 0.3) is 0 Å². The fourth-order valence-electron chi connectivity index (χ4n) is 3.79. The van der Waals surface area contributed by atoms with Gasteiger partial charge >= 0.3 is 0 Å². The van der Waals surface area contributed by atoms with Crippen molar-refractivity contribution in [3.8, 4) is 0 Å². The van der Waals surface area contributed by atoms with Gasteiger partial charge in [0.15, 0.2) is 6.67 Å². The zero-order valence-corrected chi connectivity index (χ0v) is 14.7. The van der Waals surface area contributed by atoms with E-state index in [2.05, 4.69) is 27.6 Å². The fraction of sp³-hybridized carbons (Fsp3) is 0.625. The van der Waals surface area contributed by atoms with Crippen LogP contribution in [0.3, 0.4) is 0 Å². The average Bonchev–Trinajstić information content (AvgIpc) is 3.02. The van der Waals surface area contributed by atoms with Crippen molar-refractivity contribution in [2.45, 2.75) is 58.3 Å². The minimum atomic E-state index is 0.540. The van der Waals surface area contributed by atoms with Gasteiger partial charge < -0.3 is 9.47 Å². The number of nitrogens with zero attached hydrogens (tertiary/aromatic N) is 3. The first-order valence-corrected chi connectivity index (χ1v) is 9.60. The lowest BCUT2D eigenvalue weighted by Crippen LogP contribution is -3.12. The lowest BCUT2D eigenvalue weighted by molar-refractivity contribution is -0.954. The summed E-state index contributed by atoms with van der Waals surface area (Å²) in [6.07, 6.45) is 6.05. The van der Waals surface area contributed by atoms with E-state index in [9.17, 15) is 0 Å². The van der Waals surface area contributed by atoms with Crippen LogP contribution in [-0.2, 0) is 26.1 Å². The molecule has 2 aliphatic heterocycles. The Morgan fingerprint density at radius 1 is 1.36 bits per heavy atom. The summed E-state index contributed by atoms with van der Waals surface area (Å²) in [4.78, 5) is 3.15. The van der Waals surface area contributed by atoms with Gasteiger partial charge in [-0.25, -0.2) is 0 Å². The van der Waals surface area contributed by atoms with Gasteiger partial charge in [0, 0.05) is 29.8 Å². The molecule has 2 aromatic rings. The molecule has 0 aromatic carbocycles. The monoisotopic (exact) mass is 335 g/mol. The molecule has 2 aromatic heterocycles. The Hall–Kier alpha value is -0.980. The topological polar surface area (TPSA) is 27.2 Å². The van der Waals surface area contributed by atoms with E-state index in [4.69, 9.17) is 17.3 Å². The molecule has 0 bridgehead atoms. The third-order valence-electron chi connectivity index (χ3n) is 5.17. The van der Waals surface area contributed by atoms with Gasteiger partial charge in [0.05, 0.1) is 6.54 Å². The molecule has 2 aliphatic rings. The van der Waals surface area contributed by atoms with Gasteiger partial charge in [-0.1, -0.05) is 6.42 Å². The second kappa shape index (κ2) is 5.91. The van der Waals surface area contributed by atoms with Crippen molar-refractivity contribution in [3.05, 3.63) is 32.5 Å². The highest BCUT2D eigenvalue weighted by Gasteiger charge is 2.29. The first-order chi connectivity index (χ1) is 10.7. The predicted molar refractivity (Wildman–Crippen MR) is 90.9 cm³/mol. The van der Waals surface area contributed by atoms with Crippen molar-refractivity contribution in [3.63, 3.8) is 0 Å². The molecule has 1 N–H and O–H groups in total. The Morgan fingerprint density at radius 2 is 2.27 bits per heavy atom. The highest BCUT2D eigenvalue weighted by Crippen LogP contribution is 2.24. The van der Waals surface area contributed by atoms with E-state index in [-0.39, 0.29) is 0 Å². The number of nitrogens with one attached hydrogen (secondary N) is 1. The highest BCUT2D eigenvalue weighted by molar-refractivity contribution is 7.71. The summed E-state index contributed by atoms with van der Waals surface area (Å²) >= 11 is 7.60. The van der Waals surface area contributed by atoms with Crippen molar-refractivity contribution in [2.24, 2.45) is 0 Å². The van der Waals surface area contributed by atoms with Crippen LogP contribution >= 0.6 is 23.6 Å². The molecule has 6 heteroatoms. The highest BCUT2D eigenvalue weighted by atomic mass is 32.1. The molecule has 2 atom stereocenters. The number of quaternary nitrogens is 1. The number of hydrogen-bond acceptors (Lipinski definition) is 3. The quantitative estimate of drug-likeness (QED) is 0.853. The lowest BCUT2D eigenvalue weighted by Gasteiger charge is -2.30. The Morgan fingerprint density at radius 3 is 3.18 bits per heavy atom. The number of hydrogen-bond donors (Lipinski definition) is 1. The molecule has 0 saturated heterocycles. The second-order valence-corrected chi connectivity index (χ2v) is 7.86. The largest absolute Gasteiger partial charge is 0.310 e. The normalized spacial score (nSPS) is 24.6. The Labute approximate surface area is 140 Å². The number of thiophene rings is 1. The molecule has 0 amide bonds. The fourth-order valence-corrected chi connectivity index (χ4v) is 5.07. The molecule has 1 unspecified atom stereocenters. The molecular weight excluding hydrogens is 312 g/mol. The summed E-state index contributed by atoms with van der Waals surface area (Å²) in [6.45, 7) is 5.46. The first-order valence-electron chi connectivity index (χ1n) is 8.31. The Kier molecular flexibility index (Phi) is 3.92. The van der Waals surface area contributed by atoms with E-state index in [1.165, 1.54) is 43.6 Å². The van der Waals surface area contributed by atoms with Crippen LogP contribution in [0.4, 0.5) is 0 Å². The Bertz CT molecular complexity index is 727. The summed E-state index contributed by atoms with van der Waals surface area (Å²) in [5.74, 6) is 1.20. The third-order valence-corrected chi connectivity index (χ3v) is 6.59. The molecule has 0 radical (unpaired) electrons. The number of rotatable bonds is 2. The maximum atomic E-state index is 5.69. The number of fused-ring (bicyclic) bond motifs is 2. The summed E-state index contributed by atoms with van der Waals surface area (Å²) < 4.78 is 5.28. The average molecular weight is 336 g/mol. The van der Waals surface area contributed by atoms with Gasteiger partial charge in [-0.3, -0.25) is 0 Å². The van der Waals surface area contributed by atoms with E-state index in [1.54, 1.807) is 9.78 Å². The molecule has 118 valence electrons. The molecule has 0 saturated carbocycles. The van der Waals surface area contributed by atoms with Crippen LogP contribution in [0.5, 0.6) is 0 Å². The van der Waals surface area contributed by atoms with Crippen LogP contribution in [0.25, 0.3) is 0 Å². The van der Waals surface area contributed by atoms with E-state index < -0.39 is 0 Å². The number of aryl methyl sites for hydroxylation is 1. The van der Waals surface area contributed by atoms with Crippen molar-refractivity contribution in [1.82, 2.24) is 14.3 Å². The van der Waals surface area contributed by atoms with Gasteiger partial charge in [-0.05, 0) is 43.4 Å². The zero-order chi connectivity index (χ0) is 15.1. The van der Waals surface area contributed by atoms with E-state index in [0.717, 1.165) is 24.4 Å². The first kappa shape index (κ1) is 14.6. The van der Waals surface area contributed by atoms with Gasteiger partial charge in [-0.2, -0.15) is 9.78 Å². The smallest absolute Gasteiger partial charge is 0.202 e.